The van der Waals surface area contributed by atoms with Crippen LogP contribution in [-0.4, -0.2) is 94.1 Å². The van der Waals surface area contributed by atoms with Crippen LogP contribution < -0.4 is 0 Å². The maximum atomic E-state index is 7.17. The summed E-state index contributed by atoms with van der Waals surface area (Å²) in [5.74, 6) is 0. The van der Waals surface area contributed by atoms with Gasteiger partial charge in [-0.3, -0.25) is 0 Å². The Bertz CT molecular complexity index is 23.3. The van der Waals surface area contributed by atoms with Gasteiger partial charge in [0, 0.05) is 0 Å². The number of rotatable bonds is 0. The molecule has 7 heavy (non-hydrogen) atoms. The van der Waals surface area contributed by atoms with E-state index in [9.17, 15) is 0 Å². The molecule has 0 aromatic carbocycles. The van der Waals surface area contributed by atoms with Crippen LogP contribution in [0.25, 0.3) is 0 Å². The summed E-state index contributed by atoms with van der Waals surface area (Å²) >= 11 is 0. The number of hydrogen-bond donors (Lipinski definition) is 3. The molecule has 4 nitrogen and oxygen atoms in total. The summed E-state index contributed by atoms with van der Waals surface area (Å²) in [5, 5.41) is 21.5. The largest absolute Gasteiger partial charge is 2.00 e. The average Bonchev–Trinajstić information content (AvgIpc) is 0.811. The molecule has 0 rings (SSSR count). The van der Waals surface area contributed by atoms with Crippen molar-refractivity contribution in [1.82, 2.24) is 0 Å². The van der Waals surface area contributed by atoms with E-state index in [1.807, 2.05) is 0 Å². The second-order valence-corrected chi connectivity index (χ2v) is 0.346. The van der Waals surface area contributed by atoms with Crippen LogP contribution in [0.5, 0.6) is 0 Å². The maximum Gasteiger partial charge on any atom is 2.00 e. The zero-order valence-corrected chi connectivity index (χ0v) is 7.57. The van der Waals surface area contributed by atoms with Gasteiger partial charge in [-0.05, 0) is 0 Å². The molecule has 0 atom stereocenters. The first-order valence-electron chi connectivity index (χ1n) is 0.775. The van der Waals surface area contributed by atoms with Crippen LogP contribution in [0.3, 0.4) is 0 Å². The molecule has 0 spiro atoms. The van der Waals surface area contributed by atoms with Crippen molar-refractivity contribution in [3.05, 3.63) is 0 Å². The van der Waals surface area contributed by atoms with E-state index >= 15 is 0 Å². The Labute approximate surface area is 95.6 Å². The molecule has 0 heterocycles. The Morgan fingerprint density at radius 1 is 1.14 bits per heavy atom. The fraction of sp³-hybridized carbons (Fsp3) is 0. The summed E-state index contributed by atoms with van der Waals surface area (Å²) < 4.78 is 0. The van der Waals surface area contributed by atoms with Crippen molar-refractivity contribution in [1.29, 1.82) is 0 Å². The summed E-state index contributed by atoms with van der Waals surface area (Å²) in [6, 6.07) is 0. The van der Waals surface area contributed by atoms with E-state index in [0.29, 0.717) is 0 Å². The standard InChI is InChI=1S/Al.BH3O3.Ba.H2O.5H/c;2-1(3)4;;;;;;;/h;2-4H;;1H2;;;;;/q;;+2;;;;;2*-1. The van der Waals surface area contributed by atoms with Crippen LogP contribution in [0, 0.1) is 0 Å². The topological polar surface area (TPSA) is 92.2 Å². The molecule has 0 bridgehead atoms. The minimum absolute atomic E-state index is 0. The molecule has 0 saturated heterocycles. The van der Waals surface area contributed by atoms with Crippen LogP contribution in [0.15, 0.2) is 0 Å². The quantitative estimate of drug-likeness (QED) is 0.380. The van der Waals surface area contributed by atoms with Crippen molar-refractivity contribution >= 4 is 73.6 Å². The second-order valence-electron chi connectivity index (χ2n) is 0.346. The van der Waals surface area contributed by atoms with Gasteiger partial charge in [0.05, 0.1) is 0 Å². The van der Waals surface area contributed by atoms with Gasteiger partial charge >= 0.3 is 56.2 Å². The minimum Gasteiger partial charge on any atom is -1.00 e. The van der Waals surface area contributed by atoms with Crippen molar-refractivity contribution in [3.63, 3.8) is 0 Å². The van der Waals surface area contributed by atoms with Crippen LogP contribution in [-0.2, 0) is 0 Å². The fourth-order valence-electron chi connectivity index (χ4n) is 0. The van der Waals surface area contributed by atoms with Crippen molar-refractivity contribution in [2.24, 2.45) is 0 Å². The Balaban J connectivity index is -0.00000000450. The summed E-state index contributed by atoms with van der Waals surface area (Å²) in [5.41, 5.74) is 0. The van der Waals surface area contributed by atoms with Gasteiger partial charge in [-0.15, -0.1) is 0 Å². The summed E-state index contributed by atoms with van der Waals surface area (Å²) in [4.78, 5) is 0. The molecule has 0 aliphatic rings. The predicted molar refractivity (Wildman–Crippen MR) is 33.9 cm³/mol. The predicted octanol–water partition coefficient (Wildman–Crippen LogP) is -4.22. The van der Waals surface area contributed by atoms with E-state index < -0.39 is 7.32 Å². The maximum absolute atomic E-state index is 7.17. The molecule has 0 radical (unpaired) electrons. The van der Waals surface area contributed by atoms with Gasteiger partial charge in [-0.25, -0.2) is 0 Å². The first kappa shape index (κ1) is 23.0. The Kier molecular flexibility index (Phi) is 51.6. The Morgan fingerprint density at radius 2 is 1.14 bits per heavy atom. The molecule has 0 aromatic rings. The van der Waals surface area contributed by atoms with Crippen molar-refractivity contribution in [2.45, 2.75) is 0 Å². The molecule has 0 fully saturated rings. The van der Waals surface area contributed by atoms with Crippen LogP contribution in [0.4, 0.5) is 0 Å². The molecule has 0 saturated carbocycles. The van der Waals surface area contributed by atoms with Crippen molar-refractivity contribution in [2.75, 3.05) is 0 Å². The normalized spacial score (nSPS) is 3.86. The molecule has 42 valence electrons. The van der Waals surface area contributed by atoms with Crippen LogP contribution in [0.2, 0.25) is 0 Å². The Hall–Kier alpha value is 2.01. The molecule has 0 aromatic heterocycles. The van der Waals surface area contributed by atoms with E-state index in [0.717, 1.165) is 0 Å². The van der Waals surface area contributed by atoms with Crippen LogP contribution in [0.1, 0.15) is 2.85 Å². The second kappa shape index (κ2) is 15.7. The third-order valence-corrected chi connectivity index (χ3v) is 0. The van der Waals surface area contributed by atoms with Gasteiger partial charge < -0.3 is 23.4 Å². The van der Waals surface area contributed by atoms with Crippen LogP contribution >= 0.6 is 0 Å². The van der Waals surface area contributed by atoms with Gasteiger partial charge in [-0.2, -0.15) is 0 Å². The molecular formula is H10AlBBaO4. The van der Waals surface area contributed by atoms with Crippen molar-refractivity contribution in [3.8, 4) is 0 Å². The first-order valence-corrected chi connectivity index (χ1v) is 0.775. The number of hydrogen-bond acceptors (Lipinski definition) is 3. The molecule has 0 aliphatic carbocycles. The molecular weight excluding hydrogens is 239 g/mol. The monoisotopic (exact) mass is 250 g/mol. The average molecular weight is 249 g/mol. The van der Waals surface area contributed by atoms with E-state index in [-0.39, 0.29) is 74.6 Å². The molecule has 5 N–H and O–H groups in total. The van der Waals surface area contributed by atoms with Gasteiger partial charge in [0.2, 0.25) is 0 Å². The summed E-state index contributed by atoms with van der Waals surface area (Å²) in [7, 11) is -2.17. The van der Waals surface area contributed by atoms with Gasteiger partial charge in [0.25, 0.3) is 0 Å². The smallest absolute Gasteiger partial charge is 1.00 e. The summed E-state index contributed by atoms with van der Waals surface area (Å²) in [6.07, 6.45) is 0. The summed E-state index contributed by atoms with van der Waals surface area (Å²) in [6.45, 7) is 0. The molecule has 7 heteroatoms. The minimum atomic E-state index is -2.17. The van der Waals surface area contributed by atoms with Gasteiger partial charge in [0.1, 0.15) is 0 Å². The fourth-order valence-corrected chi connectivity index (χ4v) is 0. The SMILES string of the molecule is O.OB(O)O.[AlH3].[Ba+2].[H-].[H-]. The van der Waals surface area contributed by atoms with E-state index in [2.05, 4.69) is 0 Å². The van der Waals surface area contributed by atoms with E-state index in [4.69, 9.17) is 15.1 Å². The Morgan fingerprint density at radius 3 is 1.14 bits per heavy atom. The molecule has 0 amide bonds. The first-order chi connectivity index (χ1) is 1.73. The zero-order valence-electron chi connectivity index (χ0n) is 5.13. The zero-order chi connectivity index (χ0) is 3.58. The van der Waals surface area contributed by atoms with E-state index in [1.54, 1.807) is 0 Å². The van der Waals surface area contributed by atoms with Gasteiger partial charge in [0.15, 0.2) is 17.4 Å². The van der Waals surface area contributed by atoms with E-state index in [1.165, 1.54) is 0 Å². The molecule has 0 aliphatic heterocycles. The van der Waals surface area contributed by atoms with Crippen molar-refractivity contribution < 1.29 is 23.4 Å². The third-order valence-electron chi connectivity index (χ3n) is 0. The third kappa shape index (κ3) is 71.7. The molecule has 0 unspecified atom stereocenters. The van der Waals surface area contributed by atoms with Gasteiger partial charge in [-0.1, -0.05) is 0 Å².